The fourth-order valence-electron chi connectivity index (χ4n) is 2.06. The number of rotatable bonds is 7. The highest BCUT2D eigenvalue weighted by molar-refractivity contribution is 5.29. The summed E-state index contributed by atoms with van der Waals surface area (Å²) in [5.41, 5.74) is 1.15. The Hall–Kier alpha value is -1.95. The second-order valence-electron chi connectivity index (χ2n) is 4.67. The second kappa shape index (κ2) is 7.17. The fourth-order valence-corrected chi connectivity index (χ4v) is 2.06. The number of imidazole rings is 1. The first kappa shape index (κ1) is 15.4. The van der Waals surface area contributed by atoms with Crippen LogP contribution in [0.25, 0.3) is 0 Å². The summed E-state index contributed by atoms with van der Waals surface area (Å²) in [5, 5.41) is 3.32. The first-order valence-corrected chi connectivity index (χ1v) is 6.87. The minimum atomic E-state index is -2.60. The highest BCUT2D eigenvalue weighted by Gasteiger charge is 2.11. The van der Waals surface area contributed by atoms with E-state index in [2.05, 4.69) is 24.1 Å². The normalized spacial score (nSPS) is 12.6. The van der Waals surface area contributed by atoms with Crippen LogP contribution >= 0.6 is 0 Å². The van der Waals surface area contributed by atoms with Crippen molar-refractivity contribution in [3.8, 4) is 5.75 Å². The average Bonchev–Trinajstić information content (AvgIpc) is 2.94. The Kier molecular flexibility index (Phi) is 5.27. The van der Waals surface area contributed by atoms with E-state index in [0.29, 0.717) is 5.75 Å². The van der Waals surface area contributed by atoms with Crippen LogP contribution in [0.1, 0.15) is 37.8 Å². The molecule has 1 unspecified atom stereocenters. The molecule has 0 aliphatic rings. The molecule has 0 aliphatic carbocycles. The third-order valence-electron chi connectivity index (χ3n) is 3.22. The lowest BCUT2D eigenvalue weighted by Gasteiger charge is -2.13. The number of hydrogen-bond acceptors (Lipinski definition) is 3. The highest BCUT2D eigenvalue weighted by atomic mass is 19.3. The van der Waals surface area contributed by atoms with Crippen LogP contribution in [0.4, 0.5) is 8.78 Å². The molecule has 1 aromatic heterocycles. The lowest BCUT2D eigenvalue weighted by atomic mass is 10.1. The van der Waals surface area contributed by atoms with E-state index in [0.717, 1.165) is 16.7 Å². The number of ether oxygens (including phenoxy) is 1. The molecule has 4 nitrogen and oxygen atoms in total. The zero-order valence-electron chi connectivity index (χ0n) is 12.1. The van der Waals surface area contributed by atoms with Crippen LogP contribution in [0.2, 0.25) is 0 Å². The molecule has 2 rings (SSSR count). The number of benzene rings is 1. The van der Waals surface area contributed by atoms with Gasteiger partial charge in [0, 0.05) is 18.4 Å². The Morgan fingerprint density at radius 1 is 1.29 bits per heavy atom. The van der Waals surface area contributed by atoms with Gasteiger partial charge in [0.05, 0.1) is 0 Å². The van der Waals surface area contributed by atoms with E-state index in [-0.39, 0.29) is 18.5 Å². The summed E-state index contributed by atoms with van der Waals surface area (Å²) in [6.07, 6.45) is 2.58. The largest absolute Gasteiger partial charge is 0.486 e. The number of nitrogens with one attached hydrogen (secondary N) is 1. The van der Waals surface area contributed by atoms with Crippen molar-refractivity contribution in [1.82, 2.24) is 14.9 Å². The Balaban J connectivity index is 1.96. The van der Waals surface area contributed by atoms with Gasteiger partial charge in [-0.25, -0.2) is 4.98 Å². The molecule has 0 fully saturated rings. The van der Waals surface area contributed by atoms with E-state index in [1.807, 2.05) is 24.3 Å². The van der Waals surface area contributed by atoms with Crippen molar-refractivity contribution >= 4 is 0 Å². The topological polar surface area (TPSA) is 39.1 Å². The summed E-state index contributed by atoms with van der Waals surface area (Å²) < 4.78 is 31.6. The standard InChI is InChI=1S/C15H19F2N3O/c1-3-18-11(2)12-4-6-13(7-5-12)21-10-14-19-8-9-20(14)15(16)17/h4-9,11,15,18H,3,10H2,1-2H3. The van der Waals surface area contributed by atoms with Crippen molar-refractivity contribution in [2.75, 3.05) is 6.54 Å². The third kappa shape index (κ3) is 4.01. The van der Waals surface area contributed by atoms with E-state index >= 15 is 0 Å². The molecule has 21 heavy (non-hydrogen) atoms. The zero-order valence-corrected chi connectivity index (χ0v) is 12.1. The summed E-state index contributed by atoms with van der Waals surface area (Å²) in [7, 11) is 0. The third-order valence-corrected chi connectivity index (χ3v) is 3.22. The lowest BCUT2D eigenvalue weighted by molar-refractivity contribution is 0.0632. The minimum Gasteiger partial charge on any atom is -0.486 e. The van der Waals surface area contributed by atoms with Crippen LogP contribution in [0.5, 0.6) is 5.75 Å². The van der Waals surface area contributed by atoms with Gasteiger partial charge in [-0.1, -0.05) is 19.1 Å². The molecule has 0 spiro atoms. The van der Waals surface area contributed by atoms with Crippen LogP contribution < -0.4 is 10.1 Å². The van der Waals surface area contributed by atoms with Crippen molar-refractivity contribution in [3.63, 3.8) is 0 Å². The number of hydrogen-bond donors (Lipinski definition) is 1. The summed E-state index contributed by atoms with van der Waals surface area (Å²) in [4.78, 5) is 3.87. The van der Waals surface area contributed by atoms with Crippen LogP contribution in [0, 0.1) is 0 Å². The van der Waals surface area contributed by atoms with Gasteiger partial charge < -0.3 is 10.1 Å². The number of alkyl halides is 2. The monoisotopic (exact) mass is 295 g/mol. The van der Waals surface area contributed by atoms with Gasteiger partial charge in [0.25, 0.3) is 0 Å². The maximum atomic E-state index is 12.7. The van der Waals surface area contributed by atoms with Crippen molar-refractivity contribution in [2.24, 2.45) is 0 Å². The van der Waals surface area contributed by atoms with Crippen molar-refractivity contribution in [2.45, 2.75) is 33.0 Å². The van der Waals surface area contributed by atoms with Gasteiger partial charge in [0.1, 0.15) is 12.4 Å². The van der Waals surface area contributed by atoms with Gasteiger partial charge in [0.2, 0.25) is 0 Å². The van der Waals surface area contributed by atoms with Gasteiger partial charge in [-0.15, -0.1) is 0 Å². The molecule has 1 heterocycles. The van der Waals surface area contributed by atoms with Gasteiger partial charge in [0.15, 0.2) is 5.82 Å². The fraction of sp³-hybridized carbons (Fsp3) is 0.400. The Morgan fingerprint density at radius 3 is 2.62 bits per heavy atom. The summed E-state index contributed by atoms with van der Waals surface area (Å²) in [6, 6.07) is 7.85. The van der Waals surface area contributed by atoms with Crippen molar-refractivity contribution in [1.29, 1.82) is 0 Å². The zero-order chi connectivity index (χ0) is 15.2. The van der Waals surface area contributed by atoms with E-state index < -0.39 is 6.55 Å². The number of halogens is 2. The molecule has 1 atom stereocenters. The second-order valence-corrected chi connectivity index (χ2v) is 4.67. The molecular formula is C15H19F2N3O. The SMILES string of the molecule is CCNC(C)c1ccc(OCc2nccn2C(F)F)cc1. The van der Waals surface area contributed by atoms with E-state index in [1.165, 1.54) is 12.4 Å². The van der Waals surface area contributed by atoms with Gasteiger partial charge in [-0.05, 0) is 31.2 Å². The molecule has 0 saturated carbocycles. The summed E-state index contributed by atoms with van der Waals surface area (Å²) in [6.45, 7) is 2.45. The molecular weight excluding hydrogens is 276 g/mol. The molecule has 0 bridgehead atoms. The molecule has 0 aliphatic heterocycles. The molecule has 1 aromatic carbocycles. The van der Waals surface area contributed by atoms with E-state index in [9.17, 15) is 8.78 Å². The minimum absolute atomic E-state index is 0.0133. The Labute approximate surface area is 122 Å². The first-order chi connectivity index (χ1) is 10.1. The summed E-state index contributed by atoms with van der Waals surface area (Å²) in [5.74, 6) is 0.835. The lowest BCUT2D eigenvalue weighted by Crippen LogP contribution is -2.17. The molecule has 0 radical (unpaired) electrons. The molecule has 2 aromatic rings. The molecule has 0 saturated heterocycles. The molecule has 0 amide bonds. The summed E-state index contributed by atoms with van der Waals surface area (Å²) >= 11 is 0. The van der Waals surface area contributed by atoms with Crippen molar-refractivity contribution in [3.05, 3.63) is 48.0 Å². The number of nitrogens with zero attached hydrogens (tertiary/aromatic N) is 2. The van der Waals surface area contributed by atoms with Crippen LogP contribution in [-0.2, 0) is 6.61 Å². The Morgan fingerprint density at radius 2 is 2.00 bits per heavy atom. The maximum Gasteiger partial charge on any atom is 0.320 e. The van der Waals surface area contributed by atoms with Crippen LogP contribution in [0.15, 0.2) is 36.7 Å². The van der Waals surface area contributed by atoms with E-state index in [4.69, 9.17) is 4.74 Å². The van der Waals surface area contributed by atoms with Crippen LogP contribution in [-0.4, -0.2) is 16.1 Å². The molecule has 1 N–H and O–H groups in total. The smallest absolute Gasteiger partial charge is 0.320 e. The average molecular weight is 295 g/mol. The quantitative estimate of drug-likeness (QED) is 0.849. The predicted molar refractivity (Wildman–Crippen MR) is 76.3 cm³/mol. The molecule has 6 heteroatoms. The molecule has 114 valence electrons. The predicted octanol–water partition coefficient (Wildman–Crippen LogP) is 3.53. The van der Waals surface area contributed by atoms with Gasteiger partial charge in [-0.3, -0.25) is 4.57 Å². The highest BCUT2D eigenvalue weighted by Crippen LogP contribution is 2.19. The maximum absolute atomic E-state index is 12.7. The number of aromatic nitrogens is 2. The first-order valence-electron chi connectivity index (χ1n) is 6.87. The van der Waals surface area contributed by atoms with Crippen LogP contribution in [0.3, 0.4) is 0 Å². The van der Waals surface area contributed by atoms with E-state index in [1.54, 1.807) is 0 Å². The van der Waals surface area contributed by atoms with Gasteiger partial charge >= 0.3 is 6.55 Å². The van der Waals surface area contributed by atoms with Gasteiger partial charge in [-0.2, -0.15) is 8.78 Å². The van der Waals surface area contributed by atoms with Crippen molar-refractivity contribution < 1.29 is 13.5 Å². The Bertz CT molecular complexity index is 554.